The number of pyridine rings is 1. The Hall–Kier alpha value is -1.39. The molecule has 1 heterocycles. The molecule has 1 amide bonds. The van der Waals surface area contributed by atoms with Crippen molar-refractivity contribution in [2.24, 2.45) is 0 Å². The molecule has 0 aliphatic heterocycles. The molecule has 0 spiro atoms. The van der Waals surface area contributed by atoms with E-state index in [4.69, 9.17) is 11.6 Å². The maximum absolute atomic E-state index is 12.4. The van der Waals surface area contributed by atoms with Crippen molar-refractivity contribution in [2.75, 3.05) is 5.32 Å². The molecular formula is C15H14BrClN2O. The van der Waals surface area contributed by atoms with Gasteiger partial charge in [0.25, 0.3) is 0 Å². The number of hydrogen-bond acceptors (Lipinski definition) is 2. The second-order valence-corrected chi connectivity index (χ2v) is 5.63. The van der Waals surface area contributed by atoms with Gasteiger partial charge in [-0.2, -0.15) is 0 Å². The summed E-state index contributed by atoms with van der Waals surface area (Å²) in [5.41, 5.74) is 1.51. The summed E-state index contributed by atoms with van der Waals surface area (Å²) in [6.07, 6.45) is 2.31. The summed E-state index contributed by atoms with van der Waals surface area (Å²) in [4.78, 5) is 16.4. The number of amides is 1. The van der Waals surface area contributed by atoms with E-state index in [9.17, 15) is 4.79 Å². The lowest BCUT2D eigenvalue weighted by molar-refractivity contribution is -0.117. The van der Waals surface area contributed by atoms with E-state index < -0.39 is 0 Å². The first kappa shape index (κ1) is 15.0. The second kappa shape index (κ2) is 6.86. The van der Waals surface area contributed by atoms with Crippen molar-refractivity contribution in [3.8, 4) is 0 Å². The van der Waals surface area contributed by atoms with Gasteiger partial charge in [-0.1, -0.05) is 48.9 Å². The van der Waals surface area contributed by atoms with Gasteiger partial charge in [0.05, 0.1) is 11.6 Å². The fraction of sp³-hybridized carbons (Fsp3) is 0.200. The first-order chi connectivity index (χ1) is 9.61. The maximum atomic E-state index is 12.4. The molecule has 2 aromatic rings. The van der Waals surface area contributed by atoms with E-state index in [0.29, 0.717) is 5.69 Å². The van der Waals surface area contributed by atoms with Crippen LogP contribution in [0.4, 0.5) is 5.69 Å². The molecule has 1 N–H and O–H groups in total. The van der Waals surface area contributed by atoms with Crippen LogP contribution in [0.5, 0.6) is 0 Å². The summed E-state index contributed by atoms with van der Waals surface area (Å²) in [7, 11) is 0. The molecule has 1 unspecified atom stereocenters. The Kier molecular flexibility index (Phi) is 5.15. The molecule has 1 atom stereocenters. The predicted molar refractivity (Wildman–Crippen MR) is 85.1 cm³/mol. The Labute approximate surface area is 131 Å². The molecule has 3 nitrogen and oxygen atoms in total. The Morgan fingerprint density at radius 2 is 2.10 bits per heavy atom. The average molecular weight is 354 g/mol. The van der Waals surface area contributed by atoms with Crippen molar-refractivity contribution in [2.45, 2.75) is 19.3 Å². The fourth-order valence-corrected chi connectivity index (χ4v) is 2.47. The van der Waals surface area contributed by atoms with Crippen LogP contribution in [0.1, 0.15) is 24.8 Å². The van der Waals surface area contributed by atoms with E-state index in [1.54, 1.807) is 12.3 Å². The Bertz CT molecular complexity index is 604. The highest BCUT2D eigenvalue weighted by atomic mass is 79.9. The third-order valence-corrected chi connectivity index (χ3v) is 3.73. The summed E-state index contributed by atoms with van der Waals surface area (Å²) in [6, 6.07) is 11.4. The SMILES string of the molecule is CCC(C(=O)Nc1cc(Br)cnc1Cl)c1ccccc1. The maximum Gasteiger partial charge on any atom is 0.231 e. The van der Waals surface area contributed by atoms with E-state index in [2.05, 4.69) is 26.2 Å². The smallest absolute Gasteiger partial charge is 0.231 e. The van der Waals surface area contributed by atoms with Gasteiger partial charge in [-0.25, -0.2) is 4.98 Å². The molecule has 0 bridgehead atoms. The van der Waals surface area contributed by atoms with Crippen LogP contribution >= 0.6 is 27.5 Å². The summed E-state index contributed by atoms with van der Waals surface area (Å²) in [5.74, 6) is -0.285. The number of benzene rings is 1. The van der Waals surface area contributed by atoms with Crippen LogP contribution in [0.2, 0.25) is 5.15 Å². The van der Waals surface area contributed by atoms with Crippen LogP contribution in [0.25, 0.3) is 0 Å². The first-order valence-electron chi connectivity index (χ1n) is 6.28. The monoisotopic (exact) mass is 352 g/mol. The van der Waals surface area contributed by atoms with Crippen molar-refractivity contribution in [3.05, 3.63) is 57.8 Å². The molecular weight excluding hydrogens is 340 g/mol. The third-order valence-electron chi connectivity index (χ3n) is 2.99. The number of nitrogens with zero attached hydrogens (tertiary/aromatic N) is 1. The van der Waals surface area contributed by atoms with Gasteiger partial charge in [0, 0.05) is 10.7 Å². The largest absolute Gasteiger partial charge is 0.323 e. The van der Waals surface area contributed by atoms with Crippen LogP contribution < -0.4 is 5.32 Å². The van der Waals surface area contributed by atoms with Crippen molar-refractivity contribution < 1.29 is 4.79 Å². The lowest BCUT2D eigenvalue weighted by atomic mass is 9.95. The van der Waals surface area contributed by atoms with E-state index in [-0.39, 0.29) is 17.0 Å². The Morgan fingerprint density at radius 3 is 2.75 bits per heavy atom. The summed E-state index contributed by atoms with van der Waals surface area (Å²) < 4.78 is 0.768. The number of anilines is 1. The van der Waals surface area contributed by atoms with Gasteiger partial charge in [-0.15, -0.1) is 0 Å². The van der Waals surface area contributed by atoms with E-state index in [1.807, 2.05) is 37.3 Å². The molecule has 5 heteroatoms. The molecule has 1 aromatic heterocycles. The molecule has 2 rings (SSSR count). The molecule has 0 fully saturated rings. The Balaban J connectivity index is 2.20. The number of nitrogens with one attached hydrogen (secondary N) is 1. The van der Waals surface area contributed by atoms with Gasteiger partial charge in [-0.05, 0) is 34.0 Å². The van der Waals surface area contributed by atoms with Gasteiger partial charge in [0.15, 0.2) is 5.15 Å². The van der Waals surface area contributed by atoms with Crippen molar-refractivity contribution in [1.29, 1.82) is 0 Å². The van der Waals surface area contributed by atoms with Crippen molar-refractivity contribution in [3.63, 3.8) is 0 Å². The first-order valence-corrected chi connectivity index (χ1v) is 7.45. The van der Waals surface area contributed by atoms with Gasteiger partial charge < -0.3 is 5.32 Å². The molecule has 0 aliphatic carbocycles. The molecule has 0 aliphatic rings. The van der Waals surface area contributed by atoms with Crippen LogP contribution in [0.15, 0.2) is 47.1 Å². The minimum Gasteiger partial charge on any atom is -0.323 e. The highest BCUT2D eigenvalue weighted by molar-refractivity contribution is 9.10. The molecule has 104 valence electrons. The lowest BCUT2D eigenvalue weighted by Crippen LogP contribution is -2.21. The van der Waals surface area contributed by atoms with E-state index in [1.165, 1.54) is 0 Å². The predicted octanol–water partition coefficient (Wildman–Crippen LogP) is 4.63. The zero-order valence-electron chi connectivity index (χ0n) is 10.9. The number of hydrogen-bond donors (Lipinski definition) is 1. The fourth-order valence-electron chi connectivity index (χ4n) is 1.99. The number of carbonyl (C=O) groups excluding carboxylic acids is 1. The average Bonchev–Trinajstić information content (AvgIpc) is 2.45. The van der Waals surface area contributed by atoms with Gasteiger partial charge in [-0.3, -0.25) is 4.79 Å². The molecule has 0 saturated heterocycles. The zero-order valence-corrected chi connectivity index (χ0v) is 13.3. The Morgan fingerprint density at radius 1 is 1.40 bits per heavy atom. The van der Waals surface area contributed by atoms with Crippen molar-refractivity contribution >= 4 is 39.1 Å². The molecule has 0 radical (unpaired) electrons. The minimum absolute atomic E-state index is 0.0829. The van der Waals surface area contributed by atoms with Crippen LogP contribution in [-0.4, -0.2) is 10.9 Å². The van der Waals surface area contributed by atoms with Gasteiger partial charge in [0.1, 0.15) is 0 Å². The summed E-state index contributed by atoms with van der Waals surface area (Å²) in [5, 5.41) is 3.12. The summed E-state index contributed by atoms with van der Waals surface area (Å²) in [6.45, 7) is 1.98. The molecule has 20 heavy (non-hydrogen) atoms. The molecule has 0 saturated carbocycles. The van der Waals surface area contributed by atoms with Gasteiger partial charge in [0.2, 0.25) is 5.91 Å². The lowest BCUT2D eigenvalue weighted by Gasteiger charge is -2.16. The zero-order chi connectivity index (χ0) is 14.5. The van der Waals surface area contributed by atoms with E-state index >= 15 is 0 Å². The van der Waals surface area contributed by atoms with Crippen LogP contribution in [-0.2, 0) is 4.79 Å². The second-order valence-electron chi connectivity index (χ2n) is 4.35. The topological polar surface area (TPSA) is 42.0 Å². The van der Waals surface area contributed by atoms with Crippen LogP contribution in [0.3, 0.4) is 0 Å². The number of aromatic nitrogens is 1. The number of rotatable bonds is 4. The third kappa shape index (κ3) is 3.58. The van der Waals surface area contributed by atoms with Crippen molar-refractivity contribution in [1.82, 2.24) is 4.98 Å². The highest BCUT2D eigenvalue weighted by Crippen LogP contribution is 2.26. The van der Waals surface area contributed by atoms with Gasteiger partial charge >= 0.3 is 0 Å². The summed E-state index contributed by atoms with van der Waals surface area (Å²) >= 11 is 9.30. The van der Waals surface area contributed by atoms with E-state index in [0.717, 1.165) is 16.5 Å². The number of halogens is 2. The minimum atomic E-state index is -0.203. The number of carbonyl (C=O) groups is 1. The quantitative estimate of drug-likeness (QED) is 0.814. The molecule has 1 aromatic carbocycles. The highest BCUT2D eigenvalue weighted by Gasteiger charge is 2.19. The normalized spacial score (nSPS) is 11.9. The standard InChI is InChI=1S/C15H14BrClN2O/c1-2-12(10-6-4-3-5-7-10)15(20)19-13-8-11(16)9-18-14(13)17/h3-9,12H,2H2,1H3,(H,19,20). The van der Waals surface area contributed by atoms with Crippen LogP contribution in [0, 0.1) is 0 Å².